The van der Waals surface area contributed by atoms with Crippen LogP contribution < -0.4 is 0 Å². The van der Waals surface area contributed by atoms with Crippen LogP contribution in [-0.4, -0.2) is 42.7 Å². The number of hydrogen-bond acceptors (Lipinski definition) is 0. The average Bonchev–Trinajstić information content (AvgIpc) is 2.95. The van der Waals surface area contributed by atoms with Crippen LogP contribution in [0.25, 0.3) is 0 Å². The van der Waals surface area contributed by atoms with Gasteiger partial charge in [0.25, 0.3) is 0 Å². The summed E-state index contributed by atoms with van der Waals surface area (Å²) in [6.07, 6.45) is 27.8. The Balaban J connectivity index is 5.27. The van der Waals surface area contributed by atoms with Crippen LogP contribution in [0.2, 0.25) is 72.5 Å². The fraction of sp³-hybridized carbons (Fsp3) is 0.333. The fourth-order valence-electron chi connectivity index (χ4n) is 10.9. The van der Waals surface area contributed by atoms with Gasteiger partial charge in [0, 0.05) is 42.7 Å². The minimum Gasteiger partial charge on any atom is -0.103 e. The van der Waals surface area contributed by atoms with Crippen LogP contribution in [0.15, 0.2) is 152 Å². The maximum atomic E-state index is 4.51. The second kappa shape index (κ2) is 16.9. The van der Waals surface area contributed by atoms with Crippen molar-refractivity contribution in [3.05, 3.63) is 152 Å². The molecule has 0 atom stereocenters. The van der Waals surface area contributed by atoms with E-state index in [1.54, 1.807) is 0 Å². The van der Waals surface area contributed by atoms with E-state index in [-0.39, 0.29) is 0 Å². The molecule has 0 unspecified atom stereocenters. The van der Waals surface area contributed by atoms with Gasteiger partial charge in [0.2, 0.25) is 0 Å². The van der Waals surface area contributed by atoms with E-state index in [0.717, 1.165) is 72.5 Å². The number of allylic oxidation sites excluding steroid dienone is 12. The molecule has 0 aromatic rings. The van der Waals surface area contributed by atoms with Crippen LogP contribution in [0.3, 0.4) is 0 Å². The Morgan fingerprint density at radius 3 is 0.310 bits per heavy atom. The van der Waals surface area contributed by atoms with Crippen molar-refractivity contribution >= 4 is 42.7 Å². The first-order valence-electron chi connectivity index (χ1n) is 15.5. The number of rotatable bonds is 24. The Hall–Kier alpha value is -1.82. The van der Waals surface area contributed by atoms with E-state index in [1.807, 2.05) is 0 Å². The minimum atomic E-state index is -2.24. The maximum Gasteiger partial charge on any atom is 0.0462 e. The summed E-state index contributed by atoms with van der Waals surface area (Å²) >= 11 is 0. The second-order valence-electron chi connectivity index (χ2n) is 12.4. The van der Waals surface area contributed by atoms with E-state index in [2.05, 4.69) is 152 Å². The van der Waals surface area contributed by atoms with Gasteiger partial charge >= 0.3 is 0 Å². The molecule has 1 heterocycles. The Morgan fingerprint density at radius 2 is 0.262 bits per heavy atom. The molecule has 1 saturated heterocycles. The quantitative estimate of drug-likeness (QED) is 0.0714. The summed E-state index contributed by atoms with van der Waals surface area (Å²) in [5.41, 5.74) is 0. The Bertz CT molecular complexity index is 762. The van der Waals surface area contributed by atoms with Crippen molar-refractivity contribution in [2.45, 2.75) is 72.5 Å². The second-order valence-corrected chi connectivity index (χ2v) is 73.7. The Kier molecular flexibility index (Phi) is 15.3. The smallest absolute Gasteiger partial charge is 0.0462 e. The van der Waals surface area contributed by atoms with E-state index in [4.69, 9.17) is 0 Å². The van der Waals surface area contributed by atoms with Gasteiger partial charge < -0.3 is 0 Å². The summed E-state index contributed by atoms with van der Waals surface area (Å²) in [5.74, 6) is 0. The molecule has 0 radical (unpaired) electrons. The predicted molar refractivity (Wildman–Crippen MR) is 215 cm³/mol. The largest absolute Gasteiger partial charge is 0.103 e. The topological polar surface area (TPSA) is 0 Å². The van der Waals surface area contributed by atoms with Crippen molar-refractivity contribution in [2.24, 2.45) is 0 Å². The van der Waals surface area contributed by atoms with Crippen LogP contribution >= 0.6 is 0 Å². The summed E-state index contributed by atoms with van der Waals surface area (Å²) in [7, 11) is -13.4. The summed E-state index contributed by atoms with van der Waals surface area (Å²) in [4.78, 5) is 0. The molecule has 0 aliphatic carbocycles. The lowest BCUT2D eigenvalue weighted by atomic mass is 10.7. The highest BCUT2D eigenvalue weighted by molar-refractivity contribution is 8.15. The van der Waals surface area contributed by atoms with Crippen molar-refractivity contribution in [3.63, 3.8) is 0 Å². The van der Waals surface area contributed by atoms with Crippen LogP contribution in [0.4, 0.5) is 0 Å². The molecule has 0 amide bonds. The molecule has 6 heteroatoms. The molecule has 0 bridgehead atoms. The zero-order valence-corrected chi connectivity index (χ0v) is 32.9. The normalized spacial score (nSPS) is 20.0. The molecule has 1 aliphatic heterocycles. The summed E-state index contributed by atoms with van der Waals surface area (Å²) in [6.45, 7) is 54.2. The van der Waals surface area contributed by atoms with Crippen molar-refractivity contribution in [2.75, 3.05) is 0 Å². The van der Waals surface area contributed by atoms with E-state index >= 15 is 0 Å². The van der Waals surface area contributed by atoms with Crippen molar-refractivity contribution in [1.82, 2.24) is 0 Å². The van der Waals surface area contributed by atoms with E-state index in [9.17, 15) is 0 Å². The third-order valence-electron chi connectivity index (χ3n) is 11.4. The van der Waals surface area contributed by atoms with Crippen LogP contribution in [0.5, 0.6) is 0 Å². The van der Waals surface area contributed by atoms with Gasteiger partial charge in [-0.15, -0.1) is 78.9 Å². The standard InChI is InChI=1S/C36H60Si6/c1-13-25-37(26-14-2)38(27-15-3,28-16-4)40(31-19-7,32-20-8)42(35-23-11,36-24-12)41(33-21-9,34-22-10)39(37,29-17-5)30-18-6/h13-24H,1-12,25-36H2. The first kappa shape index (κ1) is 38.2. The zero-order valence-electron chi connectivity index (χ0n) is 26.9. The molecule has 0 N–H and O–H groups in total. The van der Waals surface area contributed by atoms with E-state index < -0.39 is 42.7 Å². The molecule has 1 aliphatic rings. The van der Waals surface area contributed by atoms with E-state index in [1.165, 1.54) is 0 Å². The molecule has 1 fully saturated rings. The van der Waals surface area contributed by atoms with Crippen molar-refractivity contribution in [3.8, 4) is 0 Å². The van der Waals surface area contributed by atoms with Crippen LogP contribution in [-0.2, 0) is 0 Å². The van der Waals surface area contributed by atoms with Gasteiger partial charge in [-0.1, -0.05) is 72.9 Å². The average molecular weight is 661 g/mol. The highest BCUT2D eigenvalue weighted by atomic mass is 30.2. The molecule has 0 saturated carbocycles. The lowest BCUT2D eigenvalue weighted by Crippen LogP contribution is -3.06. The molecule has 0 aromatic carbocycles. The first-order valence-corrected chi connectivity index (χ1v) is 36.0. The summed E-state index contributed by atoms with van der Waals surface area (Å²) in [6, 6.07) is 13.7. The lowest BCUT2D eigenvalue weighted by Gasteiger charge is -2.80. The fourth-order valence-corrected chi connectivity index (χ4v) is 257. The van der Waals surface area contributed by atoms with Gasteiger partial charge in [0.1, 0.15) is 0 Å². The van der Waals surface area contributed by atoms with Gasteiger partial charge in [-0.2, -0.15) is 0 Å². The third-order valence-corrected chi connectivity index (χ3v) is 147. The SMILES string of the molecule is C=CC[Si]1(CC=C)[Si](CC=C)(CC=C)[Si](CC=C)(CC=C)[Si](CC=C)(CC=C)[Si](CC=C)(CC=C)[Si]1(CC=C)CC=C. The highest BCUT2D eigenvalue weighted by Gasteiger charge is 2.86. The van der Waals surface area contributed by atoms with Gasteiger partial charge in [-0.3, -0.25) is 0 Å². The summed E-state index contributed by atoms with van der Waals surface area (Å²) in [5, 5.41) is 0. The van der Waals surface area contributed by atoms with Crippen LogP contribution in [0, 0.1) is 0 Å². The van der Waals surface area contributed by atoms with E-state index in [0.29, 0.717) is 0 Å². The first-order chi connectivity index (χ1) is 20.2. The third kappa shape index (κ3) is 5.26. The highest BCUT2D eigenvalue weighted by Crippen LogP contribution is 2.65. The molecule has 0 nitrogen and oxygen atoms in total. The van der Waals surface area contributed by atoms with Gasteiger partial charge in [-0.25, -0.2) is 0 Å². The monoisotopic (exact) mass is 660 g/mol. The van der Waals surface area contributed by atoms with Gasteiger partial charge in [0.05, 0.1) is 0 Å². The molecule has 1 rings (SSSR count). The molecule has 0 aromatic heterocycles. The molecule has 228 valence electrons. The predicted octanol–water partition coefficient (Wildman–Crippen LogP) is 11.4. The molecule has 42 heavy (non-hydrogen) atoms. The lowest BCUT2D eigenvalue weighted by molar-refractivity contribution is 1.35. The maximum absolute atomic E-state index is 4.51. The van der Waals surface area contributed by atoms with Gasteiger partial charge in [0.15, 0.2) is 0 Å². The van der Waals surface area contributed by atoms with Gasteiger partial charge in [-0.05, 0) is 72.5 Å². The Labute approximate surface area is 265 Å². The molecular formula is C36H60Si6. The van der Waals surface area contributed by atoms with Crippen molar-refractivity contribution in [1.29, 1.82) is 0 Å². The van der Waals surface area contributed by atoms with Crippen molar-refractivity contribution < 1.29 is 0 Å². The zero-order chi connectivity index (χ0) is 32.0. The minimum absolute atomic E-state index is 1.14. The number of hydrogen-bond donors (Lipinski definition) is 0. The van der Waals surface area contributed by atoms with Crippen LogP contribution in [0.1, 0.15) is 0 Å². The Morgan fingerprint density at radius 1 is 0.190 bits per heavy atom. The molecule has 0 spiro atoms. The summed E-state index contributed by atoms with van der Waals surface area (Å²) < 4.78 is 0. The molecular weight excluding hydrogens is 601 g/mol.